The van der Waals surface area contributed by atoms with Crippen LogP contribution in [0.1, 0.15) is 37.2 Å². The van der Waals surface area contributed by atoms with Crippen molar-refractivity contribution in [2.45, 2.75) is 37.6 Å². The highest BCUT2D eigenvalue weighted by atomic mass is 19.1. The topological polar surface area (TPSA) is 21.7 Å². The van der Waals surface area contributed by atoms with Gasteiger partial charge in [-0.1, -0.05) is 0 Å². The van der Waals surface area contributed by atoms with Gasteiger partial charge >= 0.3 is 0 Å². The molecule has 0 unspecified atom stereocenters. The van der Waals surface area contributed by atoms with E-state index in [9.17, 15) is 4.39 Å². The van der Waals surface area contributed by atoms with E-state index in [2.05, 4.69) is 4.90 Å². The molecule has 3 nitrogen and oxygen atoms in total. The molecule has 2 heterocycles. The molecule has 1 aromatic carbocycles. The second-order valence-corrected chi connectivity index (χ2v) is 6.04. The fraction of sp³-hybridized carbons (Fsp3) is 0.647. The van der Waals surface area contributed by atoms with Crippen molar-refractivity contribution in [1.29, 1.82) is 0 Å². The summed E-state index contributed by atoms with van der Waals surface area (Å²) in [5, 5.41) is 0. The van der Waals surface area contributed by atoms with Gasteiger partial charge in [-0.2, -0.15) is 0 Å². The summed E-state index contributed by atoms with van der Waals surface area (Å²) in [5.74, 6) is 1.06. The highest BCUT2D eigenvalue weighted by Gasteiger charge is 2.28. The lowest BCUT2D eigenvalue weighted by molar-refractivity contribution is 0.0251. The minimum atomic E-state index is -0.169. The summed E-state index contributed by atoms with van der Waals surface area (Å²) in [4.78, 5) is 2.59. The predicted molar refractivity (Wildman–Crippen MR) is 80.3 cm³/mol. The van der Waals surface area contributed by atoms with Gasteiger partial charge in [-0.15, -0.1) is 0 Å². The standard InChI is InChI=1S/C17H24FNO2/c1-20-17-3-2-14(18)12-16(17)13-4-8-19(9-5-13)15-6-10-21-11-7-15/h2-3,12-13,15H,4-11H2,1H3. The zero-order chi connectivity index (χ0) is 14.7. The van der Waals surface area contributed by atoms with Crippen LogP contribution in [-0.4, -0.2) is 44.4 Å². The van der Waals surface area contributed by atoms with Gasteiger partial charge < -0.3 is 14.4 Å². The molecule has 0 spiro atoms. The van der Waals surface area contributed by atoms with E-state index in [4.69, 9.17) is 9.47 Å². The number of hydrogen-bond acceptors (Lipinski definition) is 3. The minimum Gasteiger partial charge on any atom is -0.496 e. The molecule has 1 aromatic rings. The van der Waals surface area contributed by atoms with E-state index in [0.29, 0.717) is 12.0 Å². The Bertz CT molecular complexity index is 466. The largest absolute Gasteiger partial charge is 0.496 e. The summed E-state index contributed by atoms with van der Waals surface area (Å²) in [6, 6.07) is 5.54. The lowest BCUT2D eigenvalue weighted by Gasteiger charge is -2.39. The Hall–Kier alpha value is -1.13. The summed E-state index contributed by atoms with van der Waals surface area (Å²) in [5.41, 5.74) is 1.03. The third-order valence-electron chi connectivity index (χ3n) is 4.87. The number of piperidine rings is 1. The summed E-state index contributed by atoms with van der Waals surface area (Å²) in [6.45, 7) is 3.97. The zero-order valence-corrected chi connectivity index (χ0v) is 12.7. The van der Waals surface area contributed by atoms with Crippen LogP contribution in [0.25, 0.3) is 0 Å². The highest BCUT2D eigenvalue weighted by molar-refractivity contribution is 5.37. The maximum Gasteiger partial charge on any atom is 0.123 e. The number of hydrogen-bond donors (Lipinski definition) is 0. The van der Waals surface area contributed by atoms with E-state index in [1.165, 1.54) is 6.07 Å². The SMILES string of the molecule is COc1ccc(F)cc1C1CCN(C2CCOCC2)CC1. The van der Waals surface area contributed by atoms with Crippen LogP contribution < -0.4 is 4.74 Å². The number of halogens is 1. The predicted octanol–water partition coefficient (Wildman–Crippen LogP) is 3.19. The molecule has 116 valence electrons. The highest BCUT2D eigenvalue weighted by Crippen LogP contribution is 2.35. The van der Waals surface area contributed by atoms with Crippen LogP contribution in [0.2, 0.25) is 0 Å². The molecule has 2 fully saturated rings. The maximum absolute atomic E-state index is 13.5. The van der Waals surface area contributed by atoms with Crippen LogP contribution in [0.4, 0.5) is 4.39 Å². The van der Waals surface area contributed by atoms with Crippen molar-refractivity contribution in [3.63, 3.8) is 0 Å². The van der Waals surface area contributed by atoms with Gasteiger partial charge in [-0.05, 0) is 62.9 Å². The molecule has 0 bridgehead atoms. The van der Waals surface area contributed by atoms with Crippen molar-refractivity contribution in [3.8, 4) is 5.75 Å². The third-order valence-corrected chi connectivity index (χ3v) is 4.87. The van der Waals surface area contributed by atoms with Crippen LogP contribution in [0, 0.1) is 5.82 Å². The van der Waals surface area contributed by atoms with Gasteiger partial charge in [0, 0.05) is 24.8 Å². The van der Waals surface area contributed by atoms with Crippen molar-refractivity contribution in [3.05, 3.63) is 29.6 Å². The lowest BCUT2D eigenvalue weighted by Crippen LogP contribution is -2.43. The Kier molecular flexibility index (Phi) is 4.76. The second kappa shape index (κ2) is 6.75. The Balaban J connectivity index is 1.64. The fourth-order valence-electron chi connectivity index (χ4n) is 3.65. The molecule has 2 aliphatic heterocycles. The maximum atomic E-state index is 13.5. The fourth-order valence-corrected chi connectivity index (χ4v) is 3.65. The molecule has 2 aliphatic rings. The van der Waals surface area contributed by atoms with Crippen molar-refractivity contribution in [1.82, 2.24) is 4.90 Å². The van der Waals surface area contributed by atoms with Gasteiger partial charge in [-0.3, -0.25) is 0 Å². The molecule has 21 heavy (non-hydrogen) atoms. The summed E-state index contributed by atoms with van der Waals surface area (Å²) >= 11 is 0. The molecular weight excluding hydrogens is 269 g/mol. The van der Waals surface area contributed by atoms with E-state index < -0.39 is 0 Å². The zero-order valence-electron chi connectivity index (χ0n) is 12.7. The third kappa shape index (κ3) is 3.38. The molecule has 0 amide bonds. The normalized spacial score (nSPS) is 22.4. The van der Waals surface area contributed by atoms with Gasteiger partial charge in [0.25, 0.3) is 0 Å². The smallest absolute Gasteiger partial charge is 0.123 e. The van der Waals surface area contributed by atoms with Gasteiger partial charge in [0.2, 0.25) is 0 Å². The van der Waals surface area contributed by atoms with Crippen molar-refractivity contribution < 1.29 is 13.9 Å². The summed E-state index contributed by atoms with van der Waals surface area (Å²) in [7, 11) is 1.66. The van der Waals surface area contributed by atoms with Gasteiger partial charge in [-0.25, -0.2) is 4.39 Å². The van der Waals surface area contributed by atoms with Crippen molar-refractivity contribution in [2.75, 3.05) is 33.4 Å². The van der Waals surface area contributed by atoms with Crippen LogP contribution in [0.5, 0.6) is 5.75 Å². The van der Waals surface area contributed by atoms with Crippen molar-refractivity contribution >= 4 is 0 Å². The average Bonchev–Trinajstić information content (AvgIpc) is 2.56. The van der Waals surface area contributed by atoms with E-state index in [1.807, 2.05) is 0 Å². The first-order valence-electron chi connectivity index (χ1n) is 7.93. The summed E-state index contributed by atoms with van der Waals surface area (Å²) < 4.78 is 24.4. The number of likely N-dealkylation sites (tertiary alicyclic amines) is 1. The first-order valence-corrected chi connectivity index (χ1v) is 7.93. The molecule has 0 N–H and O–H groups in total. The van der Waals surface area contributed by atoms with E-state index in [-0.39, 0.29) is 5.82 Å². The molecule has 0 radical (unpaired) electrons. The van der Waals surface area contributed by atoms with E-state index in [1.54, 1.807) is 19.2 Å². The summed E-state index contributed by atoms with van der Waals surface area (Å²) in [6.07, 6.45) is 4.45. The molecule has 4 heteroatoms. The Morgan fingerprint density at radius 2 is 1.86 bits per heavy atom. The van der Waals surface area contributed by atoms with Crippen LogP contribution >= 0.6 is 0 Å². The van der Waals surface area contributed by atoms with Crippen molar-refractivity contribution in [2.24, 2.45) is 0 Å². The monoisotopic (exact) mass is 293 g/mol. The molecule has 0 saturated carbocycles. The van der Waals surface area contributed by atoms with E-state index in [0.717, 1.165) is 63.3 Å². The second-order valence-electron chi connectivity index (χ2n) is 6.04. The number of nitrogens with zero attached hydrogens (tertiary/aromatic N) is 1. The van der Waals surface area contributed by atoms with Crippen LogP contribution in [0.15, 0.2) is 18.2 Å². The molecule has 0 aromatic heterocycles. The Labute approximate surface area is 126 Å². The Morgan fingerprint density at radius 3 is 2.52 bits per heavy atom. The number of benzene rings is 1. The lowest BCUT2D eigenvalue weighted by atomic mass is 9.87. The van der Waals surface area contributed by atoms with Crippen LogP contribution in [-0.2, 0) is 4.74 Å². The molecule has 3 rings (SSSR count). The number of ether oxygens (including phenoxy) is 2. The van der Waals surface area contributed by atoms with Gasteiger partial charge in [0.15, 0.2) is 0 Å². The molecule has 0 aliphatic carbocycles. The first kappa shape index (κ1) is 14.8. The van der Waals surface area contributed by atoms with E-state index >= 15 is 0 Å². The van der Waals surface area contributed by atoms with Crippen LogP contribution in [0.3, 0.4) is 0 Å². The van der Waals surface area contributed by atoms with Gasteiger partial charge in [0.1, 0.15) is 11.6 Å². The average molecular weight is 293 g/mol. The number of methoxy groups -OCH3 is 1. The first-order chi connectivity index (χ1) is 10.3. The number of rotatable bonds is 3. The quantitative estimate of drug-likeness (QED) is 0.854. The minimum absolute atomic E-state index is 0.169. The molecule has 2 saturated heterocycles. The molecule has 0 atom stereocenters. The van der Waals surface area contributed by atoms with Gasteiger partial charge in [0.05, 0.1) is 7.11 Å². The molecular formula is C17H24FNO2. The Morgan fingerprint density at radius 1 is 1.14 bits per heavy atom.